The fourth-order valence-corrected chi connectivity index (χ4v) is 2.68. The molecule has 0 bridgehead atoms. The summed E-state index contributed by atoms with van der Waals surface area (Å²) in [6, 6.07) is 16.8. The van der Waals surface area contributed by atoms with Crippen LogP contribution in [0.5, 0.6) is 5.75 Å². The van der Waals surface area contributed by atoms with E-state index in [2.05, 4.69) is 26.3 Å². The molecule has 24 heavy (non-hydrogen) atoms. The summed E-state index contributed by atoms with van der Waals surface area (Å²) in [6.45, 7) is 0.382. The zero-order valence-corrected chi connectivity index (χ0v) is 14.7. The number of aromatic nitrogens is 2. The van der Waals surface area contributed by atoms with Crippen molar-refractivity contribution in [3.63, 3.8) is 0 Å². The highest BCUT2D eigenvalue weighted by Gasteiger charge is 2.13. The van der Waals surface area contributed by atoms with Crippen molar-refractivity contribution in [2.45, 2.75) is 6.61 Å². The number of nitrogens with one attached hydrogen (secondary N) is 1. The fourth-order valence-electron chi connectivity index (χ4n) is 2.23. The van der Waals surface area contributed by atoms with Gasteiger partial charge in [0.2, 0.25) is 0 Å². The molecule has 1 amide bonds. The van der Waals surface area contributed by atoms with E-state index in [1.54, 1.807) is 42.2 Å². The number of aryl methyl sites for hydroxylation is 1. The van der Waals surface area contributed by atoms with Crippen LogP contribution in [0, 0.1) is 0 Å². The summed E-state index contributed by atoms with van der Waals surface area (Å²) < 4.78 is 8.46. The first-order valence-corrected chi connectivity index (χ1v) is 8.18. The van der Waals surface area contributed by atoms with E-state index in [1.807, 2.05) is 30.3 Å². The van der Waals surface area contributed by atoms with Crippen molar-refractivity contribution in [1.82, 2.24) is 9.78 Å². The Hall–Kier alpha value is -2.60. The SMILES string of the molecule is Cn1ccc(NC(=O)c2ccccc2OCc2cccc(Br)c2)n1. The average Bonchev–Trinajstić information content (AvgIpc) is 2.98. The Morgan fingerprint density at radius 2 is 2.04 bits per heavy atom. The van der Waals surface area contributed by atoms with E-state index < -0.39 is 0 Å². The standard InChI is InChI=1S/C18H16BrN3O2/c1-22-10-9-17(21-22)20-18(23)15-7-2-3-8-16(15)24-12-13-5-4-6-14(19)11-13/h2-11H,12H2,1H3,(H,20,21,23). The lowest BCUT2D eigenvalue weighted by Gasteiger charge is -2.11. The van der Waals surface area contributed by atoms with Gasteiger partial charge < -0.3 is 10.1 Å². The van der Waals surface area contributed by atoms with Gasteiger partial charge in [-0.3, -0.25) is 9.48 Å². The molecule has 0 radical (unpaired) electrons. The summed E-state index contributed by atoms with van der Waals surface area (Å²) in [5.41, 5.74) is 1.49. The Morgan fingerprint density at radius 3 is 2.79 bits per heavy atom. The van der Waals surface area contributed by atoms with E-state index >= 15 is 0 Å². The van der Waals surface area contributed by atoms with Crippen molar-refractivity contribution in [1.29, 1.82) is 0 Å². The lowest BCUT2D eigenvalue weighted by atomic mass is 10.2. The van der Waals surface area contributed by atoms with Crippen LogP contribution < -0.4 is 10.1 Å². The Bertz CT molecular complexity index is 861. The van der Waals surface area contributed by atoms with E-state index in [0.717, 1.165) is 10.0 Å². The molecule has 2 aromatic carbocycles. The zero-order valence-electron chi connectivity index (χ0n) is 13.1. The van der Waals surface area contributed by atoms with Gasteiger partial charge in [0, 0.05) is 23.8 Å². The molecule has 0 saturated carbocycles. The predicted octanol–water partition coefficient (Wildman–Crippen LogP) is 4.01. The number of benzene rings is 2. The van der Waals surface area contributed by atoms with Crippen LogP contribution in [0.15, 0.2) is 65.3 Å². The number of hydrogen-bond donors (Lipinski definition) is 1. The van der Waals surface area contributed by atoms with Gasteiger partial charge in [-0.05, 0) is 29.8 Å². The first-order chi connectivity index (χ1) is 11.6. The Labute approximate surface area is 148 Å². The molecule has 0 aliphatic heterocycles. The second-order valence-corrected chi connectivity index (χ2v) is 6.16. The van der Waals surface area contributed by atoms with Gasteiger partial charge >= 0.3 is 0 Å². The van der Waals surface area contributed by atoms with Gasteiger partial charge in [0.1, 0.15) is 12.4 Å². The van der Waals surface area contributed by atoms with Crippen molar-refractivity contribution < 1.29 is 9.53 Å². The number of amides is 1. The Morgan fingerprint density at radius 1 is 1.21 bits per heavy atom. The van der Waals surface area contributed by atoms with E-state index in [-0.39, 0.29) is 5.91 Å². The fraction of sp³-hybridized carbons (Fsp3) is 0.111. The maximum absolute atomic E-state index is 12.5. The predicted molar refractivity (Wildman–Crippen MR) is 96.1 cm³/mol. The van der Waals surface area contributed by atoms with Crippen molar-refractivity contribution in [2.75, 3.05) is 5.32 Å². The van der Waals surface area contributed by atoms with Gasteiger partial charge in [0.25, 0.3) is 5.91 Å². The molecule has 0 fully saturated rings. The van der Waals surface area contributed by atoms with Crippen molar-refractivity contribution in [2.24, 2.45) is 7.05 Å². The Kier molecular flexibility index (Phi) is 4.96. The second kappa shape index (κ2) is 7.31. The second-order valence-electron chi connectivity index (χ2n) is 5.24. The molecule has 0 unspecified atom stereocenters. The van der Waals surface area contributed by atoms with Crippen LogP contribution in [0.2, 0.25) is 0 Å². The number of para-hydroxylation sites is 1. The molecule has 0 spiro atoms. The number of carbonyl (C=O) groups is 1. The number of hydrogen-bond acceptors (Lipinski definition) is 3. The van der Waals surface area contributed by atoms with Gasteiger partial charge in [0.15, 0.2) is 5.82 Å². The van der Waals surface area contributed by atoms with E-state index in [0.29, 0.717) is 23.7 Å². The molecule has 1 heterocycles. The van der Waals surface area contributed by atoms with Gasteiger partial charge in [-0.15, -0.1) is 0 Å². The molecule has 3 aromatic rings. The molecule has 0 aliphatic rings. The molecule has 0 saturated heterocycles. The van der Waals surface area contributed by atoms with Gasteiger partial charge in [-0.2, -0.15) is 5.10 Å². The van der Waals surface area contributed by atoms with Crippen LogP contribution in [-0.2, 0) is 13.7 Å². The highest BCUT2D eigenvalue weighted by molar-refractivity contribution is 9.10. The molecule has 5 nitrogen and oxygen atoms in total. The zero-order chi connectivity index (χ0) is 16.9. The molecule has 122 valence electrons. The minimum Gasteiger partial charge on any atom is -0.488 e. The number of nitrogens with zero attached hydrogens (tertiary/aromatic N) is 2. The number of halogens is 1. The maximum Gasteiger partial charge on any atom is 0.260 e. The Balaban J connectivity index is 1.73. The summed E-state index contributed by atoms with van der Waals surface area (Å²) in [4.78, 5) is 12.5. The van der Waals surface area contributed by atoms with Gasteiger partial charge in [0.05, 0.1) is 5.56 Å². The normalized spacial score (nSPS) is 10.4. The third-order valence-electron chi connectivity index (χ3n) is 3.37. The first kappa shape index (κ1) is 16.3. The first-order valence-electron chi connectivity index (χ1n) is 7.39. The number of ether oxygens (including phenoxy) is 1. The minimum absolute atomic E-state index is 0.251. The smallest absolute Gasteiger partial charge is 0.260 e. The van der Waals surface area contributed by atoms with Crippen LogP contribution in [0.3, 0.4) is 0 Å². The number of carbonyl (C=O) groups excluding carboxylic acids is 1. The monoisotopic (exact) mass is 385 g/mol. The molecule has 6 heteroatoms. The molecule has 3 rings (SSSR count). The third kappa shape index (κ3) is 4.02. The summed E-state index contributed by atoms with van der Waals surface area (Å²) in [5.74, 6) is 0.786. The maximum atomic E-state index is 12.5. The van der Waals surface area contributed by atoms with Crippen LogP contribution in [0.4, 0.5) is 5.82 Å². The van der Waals surface area contributed by atoms with Gasteiger partial charge in [-0.25, -0.2) is 0 Å². The lowest BCUT2D eigenvalue weighted by molar-refractivity contribution is 0.102. The van der Waals surface area contributed by atoms with Crippen molar-refractivity contribution in [3.8, 4) is 5.75 Å². The minimum atomic E-state index is -0.251. The van der Waals surface area contributed by atoms with Crippen LogP contribution in [0.25, 0.3) is 0 Å². The summed E-state index contributed by atoms with van der Waals surface area (Å²) >= 11 is 3.44. The third-order valence-corrected chi connectivity index (χ3v) is 3.86. The molecule has 0 aliphatic carbocycles. The van der Waals surface area contributed by atoms with Gasteiger partial charge in [-0.1, -0.05) is 40.2 Å². The molecule has 1 aromatic heterocycles. The quantitative estimate of drug-likeness (QED) is 0.721. The molecular formula is C18H16BrN3O2. The summed E-state index contributed by atoms with van der Waals surface area (Å²) in [5, 5.41) is 6.92. The average molecular weight is 386 g/mol. The van der Waals surface area contributed by atoms with E-state index in [1.165, 1.54) is 0 Å². The number of anilines is 1. The van der Waals surface area contributed by atoms with Crippen LogP contribution in [-0.4, -0.2) is 15.7 Å². The van der Waals surface area contributed by atoms with Crippen molar-refractivity contribution in [3.05, 3.63) is 76.4 Å². The molecule has 1 N–H and O–H groups in total. The summed E-state index contributed by atoms with van der Waals surface area (Å²) in [6.07, 6.45) is 1.77. The largest absolute Gasteiger partial charge is 0.488 e. The lowest BCUT2D eigenvalue weighted by Crippen LogP contribution is -2.14. The van der Waals surface area contributed by atoms with E-state index in [9.17, 15) is 4.79 Å². The highest BCUT2D eigenvalue weighted by Crippen LogP contribution is 2.21. The highest BCUT2D eigenvalue weighted by atomic mass is 79.9. The van der Waals surface area contributed by atoms with E-state index in [4.69, 9.17) is 4.74 Å². The summed E-state index contributed by atoms with van der Waals surface area (Å²) in [7, 11) is 1.80. The molecule has 0 atom stereocenters. The van der Waals surface area contributed by atoms with Crippen LogP contribution in [0.1, 0.15) is 15.9 Å². The van der Waals surface area contributed by atoms with Crippen LogP contribution >= 0.6 is 15.9 Å². The van der Waals surface area contributed by atoms with Crippen molar-refractivity contribution >= 4 is 27.7 Å². The topological polar surface area (TPSA) is 56.2 Å². The molecular weight excluding hydrogens is 370 g/mol. The number of rotatable bonds is 5.